The third-order valence-electron chi connectivity index (χ3n) is 5.97. The quantitative estimate of drug-likeness (QED) is 0.413. The molecule has 0 radical (unpaired) electrons. The highest BCUT2D eigenvalue weighted by Gasteiger charge is 2.36. The van der Waals surface area contributed by atoms with Crippen molar-refractivity contribution < 1.29 is 19.1 Å². The fourth-order valence-electron chi connectivity index (χ4n) is 4.28. The molecule has 0 spiro atoms. The van der Waals surface area contributed by atoms with E-state index >= 15 is 0 Å². The van der Waals surface area contributed by atoms with Gasteiger partial charge >= 0.3 is 0 Å². The van der Waals surface area contributed by atoms with Gasteiger partial charge in [-0.25, -0.2) is 0 Å². The molecule has 1 aliphatic rings. The van der Waals surface area contributed by atoms with E-state index in [1.807, 2.05) is 26.8 Å². The predicted molar refractivity (Wildman–Crippen MR) is 144 cm³/mol. The molecule has 1 fully saturated rings. The van der Waals surface area contributed by atoms with E-state index in [9.17, 15) is 14.4 Å². The summed E-state index contributed by atoms with van der Waals surface area (Å²) in [6.45, 7) is 10.2. The van der Waals surface area contributed by atoms with Crippen LogP contribution in [0.5, 0.6) is 5.75 Å². The van der Waals surface area contributed by atoms with Crippen LogP contribution in [0.3, 0.4) is 0 Å². The summed E-state index contributed by atoms with van der Waals surface area (Å²) in [6.07, 6.45) is 1.73. The number of rotatable bonds is 7. The lowest BCUT2D eigenvalue weighted by Gasteiger charge is -2.13. The van der Waals surface area contributed by atoms with Crippen LogP contribution in [0.2, 0.25) is 0 Å². The van der Waals surface area contributed by atoms with Gasteiger partial charge < -0.3 is 14.6 Å². The summed E-state index contributed by atoms with van der Waals surface area (Å²) in [5, 5.41) is 2.26. The number of hydrogen-bond acceptors (Lipinski definition) is 5. The van der Waals surface area contributed by atoms with Crippen molar-refractivity contribution in [1.29, 1.82) is 0 Å². The second-order valence-electron chi connectivity index (χ2n) is 8.73. The number of aromatic nitrogens is 1. The van der Waals surface area contributed by atoms with Gasteiger partial charge in [-0.05, 0) is 100.0 Å². The number of ether oxygens (including phenoxy) is 1. The van der Waals surface area contributed by atoms with Crippen LogP contribution in [0.15, 0.2) is 53.4 Å². The van der Waals surface area contributed by atoms with E-state index in [4.69, 9.17) is 4.74 Å². The van der Waals surface area contributed by atoms with Crippen LogP contribution in [0.1, 0.15) is 35.0 Å². The van der Waals surface area contributed by atoms with Crippen molar-refractivity contribution in [2.45, 2.75) is 34.6 Å². The Morgan fingerprint density at radius 3 is 2.42 bits per heavy atom. The molecule has 8 heteroatoms. The van der Waals surface area contributed by atoms with E-state index in [0.29, 0.717) is 22.9 Å². The molecular weight excluding hydrogens is 474 g/mol. The third-order valence-corrected chi connectivity index (χ3v) is 6.88. The SMILES string of the molecule is CCOc1ccc(NC(=O)CN2C(=O)S/C(=C/c3cc(C)n(-c4ccc(C)cc4C)c3C)C2=O)cc1. The molecule has 0 saturated carbocycles. The van der Waals surface area contributed by atoms with Crippen molar-refractivity contribution in [3.8, 4) is 11.4 Å². The minimum Gasteiger partial charge on any atom is -0.494 e. The van der Waals surface area contributed by atoms with E-state index in [2.05, 4.69) is 41.9 Å². The maximum Gasteiger partial charge on any atom is 0.294 e. The number of nitrogens with one attached hydrogen (secondary N) is 1. The number of amides is 3. The zero-order chi connectivity index (χ0) is 26.0. The fourth-order valence-corrected chi connectivity index (χ4v) is 5.11. The topological polar surface area (TPSA) is 80.6 Å². The van der Waals surface area contributed by atoms with Gasteiger partial charge in [-0.1, -0.05) is 17.7 Å². The van der Waals surface area contributed by atoms with E-state index in [1.54, 1.807) is 30.3 Å². The smallest absolute Gasteiger partial charge is 0.294 e. The second kappa shape index (κ2) is 10.5. The van der Waals surface area contributed by atoms with Gasteiger partial charge in [-0.2, -0.15) is 0 Å². The van der Waals surface area contributed by atoms with Crippen molar-refractivity contribution in [1.82, 2.24) is 9.47 Å². The Balaban J connectivity index is 1.50. The molecule has 0 unspecified atom stereocenters. The largest absolute Gasteiger partial charge is 0.494 e. The molecule has 1 saturated heterocycles. The minimum absolute atomic E-state index is 0.301. The number of benzene rings is 2. The first-order chi connectivity index (χ1) is 17.2. The van der Waals surface area contributed by atoms with Gasteiger partial charge in [0.1, 0.15) is 12.3 Å². The van der Waals surface area contributed by atoms with Gasteiger partial charge in [0.25, 0.3) is 11.1 Å². The number of imide groups is 1. The molecule has 3 amide bonds. The molecule has 2 heterocycles. The lowest BCUT2D eigenvalue weighted by Crippen LogP contribution is -2.36. The molecule has 186 valence electrons. The number of hydrogen-bond donors (Lipinski definition) is 1. The zero-order valence-electron chi connectivity index (χ0n) is 21.0. The monoisotopic (exact) mass is 503 g/mol. The minimum atomic E-state index is -0.469. The highest BCUT2D eigenvalue weighted by atomic mass is 32.2. The second-order valence-corrected chi connectivity index (χ2v) is 9.72. The maximum atomic E-state index is 13.0. The number of thioether (sulfide) groups is 1. The number of anilines is 1. The third kappa shape index (κ3) is 5.23. The summed E-state index contributed by atoms with van der Waals surface area (Å²) in [6, 6.07) is 15.2. The zero-order valence-corrected chi connectivity index (χ0v) is 21.9. The van der Waals surface area contributed by atoms with Crippen LogP contribution in [0.4, 0.5) is 10.5 Å². The average Bonchev–Trinajstić information content (AvgIpc) is 3.25. The van der Waals surface area contributed by atoms with Crippen LogP contribution in [-0.2, 0) is 9.59 Å². The van der Waals surface area contributed by atoms with Crippen molar-refractivity contribution in [2.24, 2.45) is 0 Å². The summed E-state index contributed by atoms with van der Waals surface area (Å²) < 4.78 is 7.54. The van der Waals surface area contributed by atoms with Gasteiger partial charge in [-0.3, -0.25) is 19.3 Å². The van der Waals surface area contributed by atoms with Gasteiger partial charge in [-0.15, -0.1) is 0 Å². The molecule has 1 aromatic heterocycles. The number of carbonyl (C=O) groups is 3. The van der Waals surface area contributed by atoms with Crippen LogP contribution >= 0.6 is 11.8 Å². The Kier molecular flexibility index (Phi) is 7.35. The van der Waals surface area contributed by atoms with Crippen LogP contribution < -0.4 is 10.1 Å². The number of aryl methyl sites for hydroxylation is 3. The molecule has 0 atom stereocenters. The molecule has 0 bridgehead atoms. The van der Waals surface area contributed by atoms with Crippen LogP contribution in [0.25, 0.3) is 11.8 Å². The Bertz CT molecular complexity index is 1370. The summed E-state index contributed by atoms with van der Waals surface area (Å²) >= 11 is 0.850. The first-order valence-corrected chi connectivity index (χ1v) is 12.5. The molecule has 1 N–H and O–H groups in total. The molecule has 3 aromatic rings. The first-order valence-electron chi connectivity index (χ1n) is 11.7. The van der Waals surface area contributed by atoms with Crippen molar-refractivity contribution >= 4 is 40.6 Å². The van der Waals surface area contributed by atoms with Gasteiger partial charge in [0.05, 0.1) is 11.5 Å². The first kappa shape index (κ1) is 25.3. The lowest BCUT2D eigenvalue weighted by atomic mass is 10.1. The Labute approximate surface area is 215 Å². The van der Waals surface area contributed by atoms with Gasteiger partial charge in [0, 0.05) is 22.8 Å². The average molecular weight is 504 g/mol. The molecule has 4 rings (SSSR count). The molecule has 1 aliphatic heterocycles. The van der Waals surface area contributed by atoms with Crippen molar-refractivity contribution in [2.75, 3.05) is 18.5 Å². The Morgan fingerprint density at radius 2 is 1.75 bits per heavy atom. The number of nitrogens with zero attached hydrogens (tertiary/aromatic N) is 2. The molecule has 36 heavy (non-hydrogen) atoms. The fraction of sp³-hybridized carbons (Fsp3) is 0.250. The summed E-state index contributed by atoms with van der Waals surface area (Å²) in [5.41, 5.74) is 6.84. The predicted octanol–water partition coefficient (Wildman–Crippen LogP) is 5.78. The summed E-state index contributed by atoms with van der Waals surface area (Å²) in [7, 11) is 0. The molecule has 0 aliphatic carbocycles. The molecule has 7 nitrogen and oxygen atoms in total. The highest BCUT2D eigenvalue weighted by molar-refractivity contribution is 8.18. The summed E-state index contributed by atoms with van der Waals surface area (Å²) in [5.74, 6) is -0.220. The molecular formula is C28H29N3O4S. The van der Waals surface area contributed by atoms with Gasteiger partial charge in [0.15, 0.2) is 0 Å². The van der Waals surface area contributed by atoms with E-state index in [0.717, 1.165) is 44.9 Å². The van der Waals surface area contributed by atoms with Crippen molar-refractivity contribution in [3.63, 3.8) is 0 Å². The number of carbonyl (C=O) groups excluding carboxylic acids is 3. The summed E-state index contributed by atoms with van der Waals surface area (Å²) in [4.78, 5) is 39.4. The maximum absolute atomic E-state index is 13.0. The van der Waals surface area contributed by atoms with E-state index < -0.39 is 17.1 Å². The van der Waals surface area contributed by atoms with Crippen LogP contribution in [-0.4, -0.2) is 39.7 Å². The lowest BCUT2D eigenvalue weighted by molar-refractivity contribution is -0.127. The Hall–Kier alpha value is -3.78. The standard InChI is InChI=1S/C28H29N3O4S/c1-6-35-23-10-8-22(9-11-23)29-26(32)16-30-27(33)25(36-28(30)34)15-21-14-19(4)31(20(21)5)24-12-7-17(2)13-18(24)3/h7-15H,6,16H2,1-5H3,(H,29,32)/b25-15+. The van der Waals surface area contributed by atoms with Gasteiger partial charge in [0.2, 0.25) is 5.91 Å². The molecule has 2 aromatic carbocycles. The highest BCUT2D eigenvalue weighted by Crippen LogP contribution is 2.34. The van der Waals surface area contributed by atoms with Crippen LogP contribution in [0, 0.1) is 27.7 Å². The Morgan fingerprint density at radius 1 is 1.03 bits per heavy atom. The van der Waals surface area contributed by atoms with E-state index in [1.165, 1.54) is 5.56 Å². The van der Waals surface area contributed by atoms with Crippen molar-refractivity contribution in [3.05, 3.63) is 81.5 Å². The normalized spacial score (nSPS) is 14.6. The van der Waals surface area contributed by atoms with E-state index in [-0.39, 0.29) is 6.54 Å².